The Kier molecular flexibility index (Phi) is 6.66. The summed E-state index contributed by atoms with van der Waals surface area (Å²) in [5.74, 6) is 0.671. The molecular weight excluding hydrogens is 244 g/mol. The fourth-order valence-corrected chi connectivity index (χ4v) is 2.54. The van der Waals surface area contributed by atoms with Crippen LogP contribution in [0.25, 0.3) is 0 Å². The first kappa shape index (κ1) is 15.5. The number of pyridine rings is 1. The average molecular weight is 269 g/mol. The second kappa shape index (κ2) is 7.75. The lowest BCUT2D eigenvalue weighted by Gasteiger charge is -2.31. The number of nitrogens with zero attached hydrogens (tertiary/aromatic N) is 2. The van der Waals surface area contributed by atoms with Crippen molar-refractivity contribution in [2.24, 2.45) is 5.92 Å². The molecule has 1 aromatic rings. The van der Waals surface area contributed by atoms with Gasteiger partial charge in [0.15, 0.2) is 0 Å². The molecule has 0 saturated carbocycles. The van der Waals surface area contributed by atoms with Crippen LogP contribution in [0.1, 0.15) is 46.2 Å². The lowest BCUT2D eigenvalue weighted by atomic mass is 10.1. The molecule has 3 heteroatoms. The summed E-state index contributed by atoms with van der Waals surface area (Å²) in [6, 6.07) is 4.43. The van der Waals surface area contributed by atoms with E-state index in [1.165, 1.54) is 12.8 Å². The minimum atomic E-state index is 0.633. The second-order valence-corrected chi connectivity index (χ2v) is 5.70. The van der Waals surface area contributed by atoms with E-state index in [9.17, 15) is 0 Å². The molecule has 1 heterocycles. The fourth-order valence-electron chi connectivity index (χ4n) is 2.36. The minimum absolute atomic E-state index is 0.633. The zero-order chi connectivity index (χ0) is 13.5. The van der Waals surface area contributed by atoms with Crippen LogP contribution in [-0.2, 0) is 6.54 Å². The SMILES string of the molecule is CCC(CC)N(Cc1cc(Cl)ccn1)CC(C)C. The van der Waals surface area contributed by atoms with Gasteiger partial charge in [-0.25, -0.2) is 0 Å². The van der Waals surface area contributed by atoms with Gasteiger partial charge in [0.25, 0.3) is 0 Å². The molecule has 0 saturated heterocycles. The van der Waals surface area contributed by atoms with Gasteiger partial charge in [-0.05, 0) is 30.9 Å². The van der Waals surface area contributed by atoms with Gasteiger partial charge in [0.2, 0.25) is 0 Å². The molecule has 0 unspecified atom stereocenters. The maximum Gasteiger partial charge on any atom is 0.0558 e. The topological polar surface area (TPSA) is 16.1 Å². The third kappa shape index (κ3) is 4.95. The lowest BCUT2D eigenvalue weighted by Crippen LogP contribution is -2.36. The predicted molar refractivity (Wildman–Crippen MR) is 78.9 cm³/mol. The molecule has 0 N–H and O–H groups in total. The van der Waals surface area contributed by atoms with E-state index in [0.29, 0.717) is 12.0 Å². The van der Waals surface area contributed by atoms with Crippen LogP contribution in [0, 0.1) is 5.92 Å². The minimum Gasteiger partial charge on any atom is -0.294 e. The van der Waals surface area contributed by atoms with Crippen LogP contribution in [0.3, 0.4) is 0 Å². The summed E-state index contributed by atoms with van der Waals surface area (Å²) in [6.45, 7) is 11.0. The summed E-state index contributed by atoms with van der Waals surface area (Å²) in [5.41, 5.74) is 1.06. The number of hydrogen-bond acceptors (Lipinski definition) is 2. The highest BCUT2D eigenvalue weighted by Gasteiger charge is 2.17. The summed E-state index contributed by atoms with van der Waals surface area (Å²) < 4.78 is 0. The van der Waals surface area contributed by atoms with E-state index >= 15 is 0 Å². The molecule has 1 rings (SSSR count). The number of rotatable bonds is 7. The van der Waals surface area contributed by atoms with Crippen LogP contribution >= 0.6 is 11.6 Å². The maximum absolute atomic E-state index is 6.02. The van der Waals surface area contributed by atoms with Gasteiger partial charge >= 0.3 is 0 Å². The van der Waals surface area contributed by atoms with E-state index in [2.05, 4.69) is 37.6 Å². The second-order valence-electron chi connectivity index (χ2n) is 5.26. The Morgan fingerprint density at radius 1 is 1.28 bits per heavy atom. The summed E-state index contributed by atoms with van der Waals surface area (Å²) in [4.78, 5) is 6.94. The number of aromatic nitrogens is 1. The van der Waals surface area contributed by atoms with E-state index < -0.39 is 0 Å². The van der Waals surface area contributed by atoms with Gasteiger partial charge in [0.1, 0.15) is 0 Å². The van der Waals surface area contributed by atoms with Crippen LogP contribution < -0.4 is 0 Å². The Morgan fingerprint density at radius 3 is 2.44 bits per heavy atom. The summed E-state index contributed by atoms with van der Waals surface area (Å²) in [6.07, 6.45) is 4.16. The van der Waals surface area contributed by atoms with Crippen LogP contribution in [0.5, 0.6) is 0 Å². The number of halogens is 1. The Balaban J connectivity index is 2.77. The molecule has 0 atom stereocenters. The Morgan fingerprint density at radius 2 is 1.94 bits per heavy atom. The Labute approximate surface area is 116 Å². The highest BCUT2D eigenvalue weighted by molar-refractivity contribution is 6.30. The van der Waals surface area contributed by atoms with Gasteiger partial charge in [-0.15, -0.1) is 0 Å². The third-order valence-electron chi connectivity index (χ3n) is 3.20. The first-order chi connectivity index (χ1) is 8.56. The highest BCUT2D eigenvalue weighted by atomic mass is 35.5. The van der Waals surface area contributed by atoms with Gasteiger partial charge in [0, 0.05) is 30.4 Å². The third-order valence-corrected chi connectivity index (χ3v) is 3.44. The van der Waals surface area contributed by atoms with Crippen molar-refractivity contribution in [1.29, 1.82) is 0 Å². The molecule has 0 aliphatic heterocycles. The standard InChI is InChI=1S/C15H25ClN2/c1-5-15(6-2)18(10-12(3)4)11-14-9-13(16)7-8-17-14/h7-9,12,15H,5-6,10-11H2,1-4H3. The molecule has 0 fully saturated rings. The van der Waals surface area contributed by atoms with Crippen molar-refractivity contribution < 1.29 is 0 Å². The molecule has 0 radical (unpaired) electrons. The van der Waals surface area contributed by atoms with E-state index in [4.69, 9.17) is 11.6 Å². The first-order valence-electron chi connectivity index (χ1n) is 6.91. The lowest BCUT2D eigenvalue weighted by molar-refractivity contribution is 0.155. The number of hydrogen-bond donors (Lipinski definition) is 0. The maximum atomic E-state index is 6.02. The molecule has 0 amide bonds. The van der Waals surface area contributed by atoms with Crippen molar-refractivity contribution in [2.45, 2.75) is 53.1 Å². The molecule has 0 aliphatic rings. The van der Waals surface area contributed by atoms with Crippen molar-refractivity contribution in [1.82, 2.24) is 9.88 Å². The molecule has 18 heavy (non-hydrogen) atoms. The van der Waals surface area contributed by atoms with Crippen molar-refractivity contribution >= 4 is 11.6 Å². The van der Waals surface area contributed by atoms with Crippen molar-refractivity contribution in [3.8, 4) is 0 Å². The molecular formula is C15H25ClN2. The van der Waals surface area contributed by atoms with Crippen LogP contribution in [0.15, 0.2) is 18.3 Å². The zero-order valence-corrected chi connectivity index (χ0v) is 12.7. The Hall–Kier alpha value is -0.600. The largest absolute Gasteiger partial charge is 0.294 e. The Bertz CT molecular complexity index is 348. The quantitative estimate of drug-likeness (QED) is 0.729. The summed E-state index contributed by atoms with van der Waals surface area (Å²) in [5, 5.41) is 0.772. The smallest absolute Gasteiger partial charge is 0.0558 e. The molecule has 1 aromatic heterocycles. The normalized spacial score (nSPS) is 11.8. The first-order valence-corrected chi connectivity index (χ1v) is 7.29. The van der Waals surface area contributed by atoms with Crippen molar-refractivity contribution in [3.05, 3.63) is 29.0 Å². The van der Waals surface area contributed by atoms with Gasteiger partial charge in [-0.1, -0.05) is 39.3 Å². The van der Waals surface area contributed by atoms with Crippen molar-refractivity contribution in [2.75, 3.05) is 6.54 Å². The monoisotopic (exact) mass is 268 g/mol. The molecule has 0 aromatic carbocycles. The summed E-state index contributed by atoms with van der Waals surface area (Å²) in [7, 11) is 0. The van der Waals surface area contributed by atoms with Crippen LogP contribution in [0.2, 0.25) is 5.02 Å². The van der Waals surface area contributed by atoms with Gasteiger partial charge in [0.05, 0.1) is 5.69 Å². The fraction of sp³-hybridized carbons (Fsp3) is 0.667. The van der Waals surface area contributed by atoms with Gasteiger partial charge in [-0.3, -0.25) is 9.88 Å². The van der Waals surface area contributed by atoms with Crippen LogP contribution in [-0.4, -0.2) is 22.5 Å². The molecule has 2 nitrogen and oxygen atoms in total. The predicted octanol–water partition coefficient (Wildman–Crippen LogP) is 4.38. The summed E-state index contributed by atoms with van der Waals surface area (Å²) >= 11 is 6.02. The molecule has 102 valence electrons. The van der Waals surface area contributed by atoms with Crippen LogP contribution in [0.4, 0.5) is 0 Å². The van der Waals surface area contributed by atoms with E-state index in [1.54, 1.807) is 6.20 Å². The van der Waals surface area contributed by atoms with Gasteiger partial charge in [-0.2, -0.15) is 0 Å². The molecule has 0 aliphatic carbocycles. The van der Waals surface area contributed by atoms with E-state index in [0.717, 1.165) is 23.8 Å². The highest BCUT2D eigenvalue weighted by Crippen LogP contribution is 2.16. The molecule has 0 spiro atoms. The molecule has 0 bridgehead atoms. The average Bonchev–Trinajstić information content (AvgIpc) is 2.29. The van der Waals surface area contributed by atoms with Crippen molar-refractivity contribution in [3.63, 3.8) is 0 Å². The van der Waals surface area contributed by atoms with E-state index in [1.807, 2.05) is 12.1 Å². The van der Waals surface area contributed by atoms with Gasteiger partial charge < -0.3 is 0 Å². The zero-order valence-electron chi connectivity index (χ0n) is 12.0. The van der Waals surface area contributed by atoms with E-state index in [-0.39, 0.29) is 0 Å².